The Kier molecular flexibility index (Phi) is 4.20. The zero-order valence-electron chi connectivity index (χ0n) is 7.63. The van der Waals surface area contributed by atoms with Crippen LogP contribution in [0.4, 0.5) is 0 Å². The zero-order chi connectivity index (χ0) is 11.4. The maximum Gasteiger partial charge on any atom is 0.245 e. The van der Waals surface area contributed by atoms with Crippen molar-refractivity contribution < 1.29 is 15.0 Å². The number of carbonyl (C=O) groups is 1. The van der Waals surface area contributed by atoms with E-state index in [-0.39, 0.29) is 17.3 Å². The van der Waals surface area contributed by atoms with Gasteiger partial charge in [-0.15, -0.1) is 0 Å². The van der Waals surface area contributed by atoms with Gasteiger partial charge in [0.1, 0.15) is 12.4 Å². The number of halogens is 2. The fourth-order valence-electron chi connectivity index (χ4n) is 0.993. The fraction of sp³-hybridized carbons (Fsp3) is 0.222. The second-order valence-corrected chi connectivity index (χ2v) is 3.58. The van der Waals surface area contributed by atoms with Crippen LogP contribution in [-0.2, 0) is 11.3 Å². The summed E-state index contributed by atoms with van der Waals surface area (Å²) in [5.41, 5.74) is 0.325. The van der Waals surface area contributed by atoms with Crippen molar-refractivity contribution in [3.8, 4) is 5.75 Å². The molecule has 15 heavy (non-hydrogen) atoms. The average molecular weight is 250 g/mol. The van der Waals surface area contributed by atoms with Crippen molar-refractivity contribution in [2.45, 2.75) is 6.54 Å². The number of benzene rings is 1. The summed E-state index contributed by atoms with van der Waals surface area (Å²) in [4.78, 5) is 10.8. The Bertz CT molecular complexity index is 382. The highest BCUT2D eigenvalue weighted by Gasteiger charge is 2.10. The molecule has 0 aliphatic rings. The van der Waals surface area contributed by atoms with Crippen molar-refractivity contribution in [2.24, 2.45) is 0 Å². The average Bonchev–Trinajstić information content (AvgIpc) is 2.23. The van der Waals surface area contributed by atoms with E-state index in [4.69, 9.17) is 28.3 Å². The molecule has 0 aliphatic carbocycles. The van der Waals surface area contributed by atoms with Crippen molar-refractivity contribution in [2.75, 3.05) is 6.61 Å². The van der Waals surface area contributed by atoms with Crippen LogP contribution in [0.5, 0.6) is 5.75 Å². The molecular weight excluding hydrogens is 241 g/mol. The first-order chi connectivity index (χ1) is 7.06. The molecular formula is C9H9Cl2NO3. The molecule has 0 atom stereocenters. The van der Waals surface area contributed by atoms with Gasteiger partial charge in [0, 0.05) is 12.1 Å². The summed E-state index contributed by atoms with van der Waals surface area (Å²) in [6.07, 6.45) is 0. The van der Waals surface area contributed by atoms with E-state index in [1.807, 2.05) is 0 Å². The second-order valence-electron chi connectivity index (χ2n) is 2.79. The standard InChI is InChI=1S/C9H9Cl2NO3/c10-6-1-2-7(14)5(9(6)11)3-12-8(15)4-13/h1-2,13-14H,3-4H2,(H,12,15). The maximum atomic E-state index is 10.8. The molecule has 3 N–H and O–H groups in total. The third kappa shape index (κ3) is 2.99. The Morgan fingerprint density at radius 3 is 2.67 bits per heavy atom. The largest absolute Gasteiger partial charge is 0.508 e. The summed E-state index contributed by atoms with van der Waals surface area (Å²) in [5, 5.41) is 20.8. The zero-order valence-corrected chi connectivity index (χ0v) is 9.14. The number of rotatable bonds is 3. The number of nitrogens with one attached hydrogen (secondary N) is 1. The molecule has 82 valence electrons. The van der Waals surface area contributed by atoms with Crippen LogP contribution >= 0.6 is 23.2 Å². The van der Waals surface area contributed by atoms with Gasteiger partial charge < -0.3 is 15.5 Å². The molecule has 1 amide bonds. The van der Waals surface area contributed by atoms with Crippen LogP contribution in [0, 0.1) is 0 Å². The van der Waals surface area contributed by atoms with E-state index in [9.17, 15) is 9.90 Å². The van der Waals surface area contributed by atoms with Gasteiger partial charge in [-0.3, -0.25) is 4.79 Å². The molecule has 4 nitrogen and oxygen atoms in total. The van der Waals surface area contributed by atoms with Gasteiger partial charge in [0.25, 0.3) is 0 Å². The maximum absolute atomic E-state index is 10.8. The third-order valence-corrected chi connectivity index (χ3v) is 2.62. The summed E-state index contributed by atoms with van der Waals surface area (Å²) in [6.45, 7) is -0.594. The van der Waals surface area contributed by atoms with E-state index >= 15 is 0 Å². The number of hydrogen-bond acceptors (Lipinski definition) is 3. The number of hydrogen-bond donors (Lipinski definition) is 3. The van der Waals surface area contributed by atoms with Crippen LogP contribution in [0.3, 0.4) is 0 Å². The number of phenols is 1. The van der Waals surface area contributed by atoms with Gasteiger partial charge in [-0.2, -0.15) is 0 Å². The summed E-state index contributed by atoms with van der Waals surface area (Å²) in [7, 11) is 0. The first-order valence-electron chi connectivity index (χ1n) is 4.09. The molecule has 0 saturated carbocycles. The topological polar surface area (TPSA) is 69.6 Å². The minimum atomic E-state index is -0.612. The van der Waals surface area contributed by atoms with Gasteiger partial charge in [-0.1, -0.05) is 23.2 Å². The Morgan fingerprint density at radius 1 is 1.40 bits per heavy atom. The molecule has 0 heterocycles. The molecule has 0 unspecified atom stereocenters. The number of aromatic hydroxyl groups is 1. The molecule has 0 radical (unpaired) electrons. The molecule has 6 heteroatoms. The molecule has 0 aromatic heterocycles. The minimum absolute atomic E-state index is 0.0185. The number of amides is 1. The number of aliphatic hydroxyl groups is 1. The highest BCUT2D eigenvalue weighted by atomic mass is 35.5. The number of aliphatic hydroxyl groups excluding tert-OH is 1. The van der Waals surface area contributed by atoms with Crippen LogP contribution in [-0.4, -0.2) is 22.7 Å². The molecule has 0 aliphatic heterocycles. The van der Waals surface area contributed by atoms with Crippen molar-refractivity contribution in [3.05, 3.63) is 27.7 Å². The lowest BCUT2D eigenvalue weighted by atomic mass is 10.2. The molecule has 0 spiro atoms. The summed E-state index contributed by atoms with van der Waals surface area (Å²) < 4.78 is 0. The Labute approximate surface area is 96.4 Å². The van der Waals surface area contributed by atoms with Crippen LogP contribution in [0.2, 0.25) is 10.0 Å². The fourth-order valence-corrected chi connectivity index (χ4v) is 1.40. The lowest BCUT2D eigenvalue weighted by Crippen LogP contribution is -2.25. The summed E-state index contributed by atoms with van der Waals surface area (Å²) >= 11 is 11.5. The molecule has 1 aromatic rings. The Balaban J connectivity index is 2.84. The Morgan fingerprint density at radius 2 is 2.07 bits per heavy atom. The molecule has 1 rings (SSSR count). The number of carbonyl (C=O) groups excluding carboxylic acids is 1. The van der Waals surface area contributed by atoms with Crippen molar-refractivity contribution in [1.82, 2.24) is 5.32 Å². The van der Waals surface area contributed by atoms with Crippen LogP contribution in [0.15, 0.2) is 12.1 Å². The minimum Gasteiger partial charge on any atom is -0.508 e. The summed E-state index contributed by atoms with van der Waals surface area (Å²) in [5.74, 6) is -0.604. The molecule has 0 bridgehead atoms. The van der Waals surface area contributed by atoms with Gasteiger partial charge in [0.05, 0.1) is 10.0 Å². The Hall–Kier alpha value is -0.970. The highest BCUT2D eigenvalue weighted by Crippen LogP contribution is 2.31. The third-order valence-electron chi connectivity index (χ3n) is 1.78. The normalized spacial score (nSPS) is 10.1. The quantitative estimate of drug-likeness (QED) is 0.757. The molecule has 1 aromatic carbocycles. The van der Waals surface area contributed by atoms with E-state index in [1.165, 1.54) is 12.1 Å². The van der Waals surface area contributed by atoms with E-state index < -0.39 is 12.5 Å². The highest BCUT2D eigenvalue weighted by molar-refractivity contribution is 6.42. The SMILES string of the molecule is O=C(CO)NCc1c(O)ccc(Cl)c1Cl. The first-order valence-corrected chi connectivity index (χ1v) is 4.85. The predicted molar refractivity (Wildman–Crippen MR) is 57.1 cm³/mol. The van der Waals surface area contributed by atoms with Crippen molar-refractivity contribution in [1.29, 1.82) is 0 Å². The van der Waals surface area contributed by atoms with Crippen molar-refractivity contribution >= 4 is 29.1 Å². The van der Waals surface area contributed by atoms with Gasteiger partial charge in [0.15, 0.2) is 0 Å². The summed E-state index contributed by atoms with van der Waals surface area (Å²) in [6, 6.07) is 2.84. The van der Waals surface area contributed by atoms with Gasteiger partial charge in [-0.25, -0.2) is 0 Å². The van der Waals surface area contributed by atoms with Crippen LogP contribution in [0.1, 0.15) is 5.56 Å². The van der Waals surface area contributed by atoms with E-state index in [0.29, 0.717) is 10.6 Å². The second kappa shape index (κ2) is 5.21. The lowest BCUT2D eigenvalue weighted by Gasteiger charge is -2.09. The molecule has 0 fully saturated rings. The van der Waals surface area contributed by atoms with Crippen molar-refractivity contribution in [3.63, 3.8) is 0 Å². The van der Waals surface area contributed by atoms with Gasteiger partial charge in [-0.05, 0) is 12.1 Å². The smallest absolute Gasteiger partial charge is 0.245 e. The van der Waals surface area contributed by atoms with Gasteiger partial charge in [0.2, 0.25) is 5.91 Å². The van der Waals surface area contributed by atoms with Gasteiger partial charge >= 0.3 is 0 Å². The number of phenolic OH excluding ortho intramolecular Hbond substituents is 1. The van der Waals surface area contributed by atoms with Crippen LogP contribution < -0.4 is 5.32 Å². The predicted octanol–water partition coefficient (Wildman–Crippen LogP) is 1.31. The van der Waals surface area contributed by atoms with Crippen LogP contribution in [0.25, 0.3) is 0 Å². The van der Waals surface area contributed by atoms with E-state index in [1.54, 1.807) is 0 Å². The molecule has 0 saturated heterocycles. The van der Waals surface area contributed by atoms with E-state index in [2.05, 4.69) is 5.32 Å². The first kappa shape index (κ1) is 12.1. The lowest BCUT2D eigenvalue weighted by molar-refractivity contribution is -0.123. The monoisotopic (exact) mass is 249 g/mol. The van der Waals surface area contributed by atoms with E-state index in [0.717, 1.165) is 0 Å².